The van der Waals surface area contributed by atoms with Crippen molar-refractivity contribution in [2.24, 2.45) is 11.8 Å². The number of fused-ring (bicyclic) bond motifs is 6. The number of rotatable bonds is 7. The average molecular weight is 1040 g/mol. The maximum Gasteiger partial charge on any atom is 0.416 e. The van der Waals surface area contributed by atoms with Crippen LogP contribution < -0.4 is 0 Å². The number of alkyl halides is 3. The highest BCUT2D eigenvalue weighted by molar-refractivity contribution is 6.14. The van der Waals surface area contributed by atoms with Gasteiger partial charge in [-0.3, -0.25) is 0 Å². The molecule has 79 heavy (non-hydrogen) atoms. The second-order valence-electron chi connectivity index (χ2n) is 22.1. The fourth-order valence-corrected chi connectivity index (χ4v) is 12.5. The molecule has 7 heteroatoms. The molecular weight excluding hydrogens is 978 g/mol. The van der Waals surface area contributed by atoms with E-state index < -0.39 is 11.7 Å². The molecule has 0 aliphatic heterocycles. The van der Waals surface area contributed by atoms with Gasteiger partial charge in [0.05, 0.1) is 62.3 Å². The van der Waals surface area contributed by atoms with Crippen LogP contribution in [0.5, 0.6) is 0 Å². The van der Waals surface area contributed by atoms with Crippen molar-refractivity contribution in [1.82, 2.24) is 9.13 Å². The molecule has 0 N–H and O–H groups in total. The van der Waals surface area contributed by atoms with Crippen molar-refractivity contribution in [1.29, 1.82) is 10.5 Å². The molecule has 0 saturated carbocycles. The SMILES string of the molecule is CC1=CC(C)C(C)C=C1c1ccc2c(c1)c1cc(-c3ccc(C)cc3C)ccc1n2-c1cc(C#N)cc(-n2c3ccc(-c4ccc(C)cc4C)cc3c3cc(-c4ccc(C)cc4C)ccc32)c1-c1cc(C(F)(F)F)ccc1C#N. The van der Waals surface area contributed by atoms with Crippen molar-refractivity contribution in [2.75, 3.05) is 0 Å². The summed E-state index contributed by atoms with van der Waals surface area (Å²) in [4.78, 5) is 0. The van der Waals surface area contributed by atoms with E-state index in [9.17, 15) is 10.5 Å². The maximum absolute atomic E-state index is 15.2. The molecule has 0 bridgehead atoms. The third-order valence-electron chi connectivity index (χ3n) is 16.6. The minimum atomic E-state index is -4.74. The molecule has 386 valence electrons. The van der Waals surface area contributed by atoms with E-state index in [1.807, 2.05) is 0 Å². The van der Waals surface area contributed by atoms with E-state index in [4.69, 9.17) is 0 Å². The smallest absolute Gasteiger partial charge is 0.308 e. The highest BCUT2D eigenvalue weighted by atomic mass is 19.4. The number of benzene rings is 9. The Morgan fingerprint density at radius 2 is 0.823 bits per heavy atom. The fraction of sp³-hybridized carbons (Fsp3) is 0.167. The minimum absolute atomic E-state index is 0.0604. The molecule has 0 amide bonds. The molecule has 2 heterocycles. The Hall–Kier alpha value is -9.17. The Morgan fingerprint density at radius 3 is 1.22 bits per heavy atom. The zero-order valence-corrected chi connectivity index (χ0v) is 45.7. The van der Waals surface area contributed by atoms with Gasteiger partial charge < -0.3 is 9.13 Å². The number of aromatic nitrogens is 2. The fourth-order valence-electron chi connectivity index (χ4n) is 12.5. The van der Waals surface area contributed by atoms with E-state index in [1.165, 1.54) is 11.6 Å². The Morgan fingerprint density at radius 1 is 0.418 bits per heavy atom. The van der Waals surface area contributed by atoms with Gasteiger partial charge in [-0.25, -0.2) is 0 Å². The first kappa shape index (κ1) is 50.6. The van der Waals surface area contributed by atoms with E-state index in [1.54, 1.807) is 12.1 Å². The van der Waals surface area contributed by atoms with Gasteiger partial charge in [-0.1, -0.05) is 122 Å². The molecule has 1 aliphatic rings. The van der Waals surface area contributed by atoms with Gasteiger partial charge >= 0.3 is 6.18 Å². The van der Waals surface area contributed by atoms with Crippen LogP contribution in [0.4, 0.5) is 13.2 Å². The summed E-state index contributed by atoms with van der Waals surface area (Å²) in [6.07, 6.45) is -0.0557. The number of halogens is 3. The number of nitriles is 2. The van der Waals surface area contributed by atoms with E-state index in [-0.39, 0.29) is 11.1 Å². The molecule has 9 aromatic carbocycles. The minimum Gasteiger partial charge on any atom is -0.308 e. The van der Waals surface area contributed by atoms with E-state index in [0.29, 0.717) is 34.3 Å². The monoisotopic (exact) mass is 1030 g/mol. The first-order valence-electron chi connectivity index (χ1n) is 26.9. The lowest BCUT2D eigenvalue weighted by Crippen LogP contribution is -2.09. The van der Waals surface area contributed by atoms with Gasteiger partial charge in [-0.15, -0.1) is 0 Å². The van der Waals surface area contributed by atoms with Crippen LogP contribution in [0.2, 0.25) is 0 Å². The van der Waals surface area contributed by atoms with Crippen molar-refractivity contribution in [3.63, 3.8) is 0 Å². The predicted molar refractivity (Wildman–Crippen MR) is 320 cm³/mol. The number of hydrogen-bond acceptors (Lipinski definition) is 2. The van der Waals surface area contributed by atoms with Gasteiger partial charge in [0.25, 0.3) is 0 Å². The third-order valence-corrected chi connectivity index (χ3v) is 16.6. The molecule has 2 aromatic heterocycles. The van der Waals surface area contributed by atoms with Crippen molar-refractivity contribution in [2.45, 2.75) is 68.5 Å². The van der Waals surface area contributed by atoms with Crippen LogP contribution >= 0.6 is 0 Å². The third kappa shape index (κ3) is 8.62. The van der Waals surface area contributed by atoms with E-state index in [0.717, 1.165) is 134 Å². The van der Waals surface area contributed by atoms with Crippen molar-refractivity contribution >= 4 is 49.2 Å². The number of hydrogen-bond donors (Lipinski definition) is 0. The average Bonchev–Trinajstić information content (AvgIpc) is 3.39. The summed E-state index contributed by atoms with van der Waals surface area (Å²) in [6.45, 7) is 19.2. The molecule has 0 fully saturated rings. The summed E-state index contributed by atoms with van der Waals surface area (Å²) in [6, 6.07) is 56.6. The largest absolute Gasteiger partial charge is 0.416 e. The second kappa shape index (κ2) is 19.1. The summed E-state index contributed by atoms with van der Waals surface area (Å²) in [7, 11) is 0. The first-order valence-corrected chi connectivity index (χ1v) is 26.9. The Labute approximate surface area is 459 Å². The Bertz CT molecular complexity index is 4450. The Kier molecular flexibility index (Phi) is 12.2. The van der Waals surface area contributed by atoms with E-state index in [2.05, 4.69) is 223 Å². The maximum atomic E-state index is 15.2. The van der Waals surface area contributed by atoms with Gasteiger partial charge in [0, 0.05) is 32.7 Å². The quantitative estimate of drug-likeness (QED) is 0.160. The highest BCUT2D eigenvalue weighted by Gasteiger charge is 2.33. The predicted octanol–water partition coefficient (Wildman–Crippen LogP) is 19.8. The van der Waals surface area contributed by atoms with Gasteiger partial charge in [-0.05, 0) is 206 Å². The van der Waals surface area contributed by atoms with Crippen LogP contribution in [0.15, 0.2) is 175 Å². The second-order valence-corrected chi connectivity index (χ2v) is 22.1. The lowest BCUT2D eigenvalue weighted by Gasteiger charge is -2.23. The van der Waals surface area contributed by atoms with Gasteiger partial charge in [0.15, 0.2) is 0 Å². The van der Waals surface area contributed by atoms with Crippen LogP contribution in [0.25, 0.3) is 105 Å². The molecule has 12 rings (SSSR count). The zero-order chi connectivity index (χ0) is 55.3. The molecule has 0 saturated heterocycles. The normalized spacial score (nSPS) is 14.7. The molecule has 0 radical (unpaired) electrons. The summed E-state index contributed by atoms with van der Waals surface area (Å²) < 4.78 is 49.8. The molecule has 11 aromatic rings. The lowest BCUT2D eigenvalue weighted by atomic mass is 9.82. The lowest BCUT2D eigenvalue weighted by molar-refractivity contribution is -0.137. The number of nitrogens with zero attached hydrogens (tertiary/aromatic N) is 4. The zero-order valence-electron chi connectivity index (χ0n) is 45.7. The summed E-state index contributed by atoms with van der Waals surface area (Å²) >= 11 is 0. The summed E-state index contributed by atoms with van der Waals surface area (Å²) in [5, 5.41) is 26.0. The molecule has 4 nitrogen and oxygen atoms in total. The van der Waals surface area contributed by atoms with Crippen molar-refractivity contribution in [3.8, 4) is 68.0 Å². The molecule has 0 spiro atoms. The number of aryl methyl sites for hydroxylation is 6. The van der Waals surface area contributed by atoms with Crippen LogP contribution in [-0.4, -0.2) is 9.13 Å². The first-order chi connectivity index (χ1) is 37.9. The molecule has 2 unspecified atom stereocenters. The standard InChI is InChI=1S/C72H57F3N4/c1-40-10-19-56(45(6)26-40)50-14-22-65-61(33-50)62-34-51(57-20-11-41(2)27-46(57)7)15-23-66(62)78(65)69-31-49(38-76)32-70(71(69)60-37-55(72(73,74)75)18-13-54(60)39-77)79-67-24-16-52(58-21-12-42(3)28-47(58)8)35-63(67)64-36-53(17-25-68(64)79)59-30-44(5)43(4)29-48(59)9/h10-37,43-44H,1-9H3. The summed E-state index contributed by atoms with van der Waals surface area (Å²) in [5.41, 5.74) is 20.6. The van der Waals surface area contributed by atoms with Crippen LogP contribution in [0.1, 0.15) is 76.4 Å². The topological polar surface area (TPSA) is 57.4 Å². The molecule has 1 aliphatic carbocycles. The van der Waals surface area contributed by atoms with Gasteiger partial charge in [0.2, 0.25) is 0 Å². The van der Waals surface area contributed by atoms with Crippen molar-refractivity contribution < 1.29 is 13.2 Å². The highest BCUT2D eigenvalue weighted by Crippen LogP contribution is 2.48. The summed E-state index contributed by atoms with van der Waals surface area (Å²) in [5.74, 6) is 0.707. The van der Waals surface area contributed by atoms with Gasteiger partial charge in [-0.2, -0.15) is 23.7 Å². The van der Waals surface area contributed by atoms with Crippen LogP contribution in [-0.2, 0) is 6.18 Å². The molecule has 2 atom stereocenters. The van der Waals surface area contributed by atoms with E-state index >= 15 is 13.2 Å². The number of allylic oxidation sites excluding steroid dienone is 4. The molecular formula is C72H57F3N4. The van der Waals surface area contributed by atoms with Crippen molar-refractivity contribution in [3.05, 3.63) is 231 Å². The van der Waals surface area contributed by atoms with Crippen LogP contribution in [0.3, 0.4) is 0 Å². The Balaban J connectivity index is 1.23. The van der Waals surface area contributed by atoms with Gasteiger partial charge in [0.1, 0.15) is 0 Å². The van der Waals surface area contributed by atoms with Crippen LogP contribution in [0, 0.1) is 76.0 Å².